The number of hydrogen-bond acceptors (Lipinski definition) is 4. The van der Waals surface area contributed by atoms with E-state index in [1.165, 1.54) is 23.8 Å². The summed E-state index contributed by atoms with van der Waals surface area (Å²) in [5, 5.41) is 21.6. The van der Waals surface area contributed by atoms with Gasteiger partial charge in [0.1, 0.15) is 17.4 Å². The van der Waals surface area contributed by atoms with Crippen LogP contribution in [0, 0.1) is 11.3 Å². The Labute approximate surface area is 140 Å². The second kappa shape index (κ2) is 6.57. The lowest BCUT2D eigenvalue weighted by molar-refractivity contribution is -0.112. The van der Waals surface area contributed by atoms with Crippen molar-refractivity contribution in [3.63, 3.8) is 0 Å². The van der Waals surface area contributed by atoms with Crippen molar-refractivity contribution in [2.75, 3.05) is 12.4 Å². The molecule has 1 heterocycles. The maximum absolute atomic E-state index is 12.4. The number of aromatic hydroxyl groups is 1. The summed E-state index contributed by atoms with van der Waals surface area (Å²) in [4.78, 5) is 14.6. The lowest BCUT2D eigenvalue weighted by Crippen LogP contribution is -2.15. The van der Waals surface area contributed by atoms with Crippen LogP contribution < -0.4 is 5.32 Å². The van der Waals surface area contributed by atoms with Gasteiger partial charge in [0, 0.05) is 18.8 Å². The van der Waals surface area contributed by atoms with Crippen molar-refractivity contribution in [2.45, 2.75) is 13.1 Å². The van der Waals surface area contributed by atoms with Gasteiger partial charge in [0.05, 0.1) is 0 Å². The maximum atomic E-state index is 12.4. The summed E-state index contributed by atoms with van der Waals surface area (Å²) in [5.74, 6) is -0.367. The number of nitriles is 1. The monoisotopic (exact) mass is 319 g/mol. The standard InChI is InChI=1S/C19H17N3O2/c1-22-11-14-5-3-7-18(17(14)12-22)21-19(24)15(10-20)8-13-4-2-6-16(23)9-13/h2-9,23H,11-12H2,1H3,(H,21,24)/b15-8+. The molecule has 0 aliphatic carbocycles. The molecular weight excluding hydrogens is 302 g/mol. The molecule has 1 amide bonds. The molecule has 5 nitrogen and oxygen atoms in total. The van der Waals surface area contributed by atoms with E-state index in [0.29, 0.717) is 5.56 Å². The zero-order valence-electron chi connectivity index (χ0n) is 13.3. The molecule has 0 bridgehead atoms. The second-order valence-corrected chi connectivity index (χ2v) is 5.83. The fraction of sp³-hybridized carbons (Fsp3) is 0.158. The molecule has 0 spiro atoms. The molecule has 0 radical (unpaired) electrons. The Hall–Kier alpha value is -3.10. The van der Waals surface area contributed by atoms with E-state index in [1.807, 2.05) is 31.3 Å². The first-order valence-electron chi connectivity index (χ1n) is 7.58. The number of rotatable bonds is 3. The molecule has 0 saturated carbocycles. The van der Waals surface area contributed by atoms with Crippen LogP contribution in [0.2, 0.25) is 0 Å². The highest BCUT2D eigenvalue weighted by Crippen LogP contribution is 2.28. The molecule has 2 N–H and O–H groups in total. The predicted octanol–water partition coefficient (Wildman–Crippen LogP) is 2.88. The first-order valence-corrected chi connectivity index (χ1v) is 7.58. The Kier molecular flexibility index (Phi) is 4.32. The van der Waals surface area contributed by atoms with Crippen molar-refractivity contribution in [2.24, 2.45) is 0 Å². The van der Waals surface area contributed by atoms with Crippen molar-refractivity contribution >= 4 is 17.7 Å². The molecular formula is C19H17N3O2. The molecule has 2 aromatic rings. The molecule has 5 heteroatoms. The van der Waals surface area contributed by atoms with Gasteiger partial charge in [0.15, 0.2) is 0 Å². The lowest BCUT2D eigenvalue weighted by Gasteiger charge is -2.10. The normalized spacial score (nSPS) is 14.1. The molecule has 0 saturated heterocycles. The highest BCUT2D eigenvalue weighted by molar-refractivity contribution is 6.10. The molecule has 120 valence electrons. The number of amides is 1. The van der Waals surface area contributed by atoms with Crippen LogP contribution in [0.3, 0.4) is 0 Å². The summed E-state index contributed by atoms with van der Waals surface area (Å²) in [5.41, 5.74) is 3.59. The molecule has 1 aliphatic rings. The minimum Gasteiger partial charge on any atom is -0.508 e. The zero-order chi connectivity index (χ0) is 17.1. The topological polar surface area (TPSA) is 76.4 Å². The number of benzene rings is 2. The van der Waals surface area contributed by atoms with Gasteiger partial charge < -0.3 is 10.4 Å². The summed E-state index contributed by atoms with van der Waals surface area (Å²) >= 11 is 0. The summed E-state index contributed by atoms with van der Waals surface area (Å²) in [6.07, 6.45) is 1.46. The molecule has 3 rings (SSSR count). The van der Waals surface area contributed by atoms with Gasteiger partial charge in [-0.1, -0.05) is 24.3 Å². The molecule has 0 atom stereocenters. The summed E-state index contributed by atoms with van der Waals surface area (Å²) in [7, 11) is 2.02. The van der Waals surface area contributed by atoms with Crippen LogP contribution in [0.25, 0.3) is 6.08 Å². The maximum Gasteiger partial charge on any atom is 0.266 e. The second-order valence-electron chi connectivity index (χ2n) is 5.83. The van der Waals surface area contributed by atoms with E-state index in [-0.39, 0.29) is 11.3 Å². The third-order valence-electron chi connectivity index (χ3n) is 3.94. The number of carbonyl (C=O) groups excluding carboxylic acids is 1. The van der Waals surface area contributed by atoms with Gasteiger partial charge in [0.25, 0.3) is 5.91 Å². The molecule has 24 heavy (non-hydrogen) atoms. The van der Waals surface area contributed by atoms with E-state index in [1.54, 1.807) is 12.1 Å². The smallest absolute Gasteiger partial charge is 0.266 e. The van der Waals surface area contributed by atoms with Gasteiger partial charge in [-0.15, -0.1) is 0 Å². The number of carbonyl (C=O) groups is 1. The first kappa shape index (κ1) is 15.8. The largest absolute Gasteiger partial charge is 0.508 e. The summed E-state index contributed by atoms with van der Waals surface area (Å²) in [6, 6.07) is 14.1. The fourth-order valence-electron chi connectivity index (χ4n) is 2.82. The summed E-state index contributed by atoms with van der Waals surface area (Å²) < 4.78 is 0. The Bertz CT molecular complexity index is 865. The predicted molar refractivity (Wildman–Crippen MR) is 91.9 cm³/mol. The number of nitrogens with one attached hydrogen (secondary N) is 1. The minimum atomic E-state index is -0.455. The minimum absolute atomic E-state index is 0.00967. The van der Waals surface area contributed by atoms with Crippen LogP contribution in [0.15, 0.2) is 48.0 Å². The Morgan fingerprint density at radius 3 is 2.83 bits per heavy atom. The average Bonchev–Trinajstić information content (AvgIpc) is 2.94. The lowest BCUT2D eigenvalue weighted by atomic mass is 10.1. The van der Waals surface area contributed by atoms with E-state index in [4.69, 9.17) is 0 Å². The summed E-state index contributed by atoms with van der Waals surface area (Å²) in [6.45, 7) is 1.62. The number of anilines is 1. The van der Waals surface area contributed by atoms with Gasteiger partial charge in [-0.05, 0) is 48.0 Å². The van der Waals surface area contributed by atoms with Crippen LogP contribution in [-0.2, 0) is 17.9 Å². The average molecular weight is 319 g/mol. The van der Waals surface area contributed by atoms with Crippen molar-refractivity contribution in [3.8, 4) is 11.8 Å². The van der Waals surface area contributed by atoms with Crippen LogP contribution in [0.4, 0.5) is 5.69 Å². The van der Waals surface area contributed by atoms with Crippen LogP contribution in [0.5, 0.6) is 5.75 Å². The number of fused-ring (bicyclic) bond motifs is 1. The highest BCUT2D eigenvalue weighted by atomic mass is 16.3. The van der Waals surface area contributed by atoms with Crippen LogP contribution in [-0.4, -0.2) is 23.0 Å². The van der Waals surface area contributed by atoms with E-state index in [2.05, 4.69) is 10.2 Å². The molecule has 1 aliphatic heterocycles. The van der Waals surface area contributed by atoms with E-state index in [0.717, 1.165) is 24.3 Å². The van der Waals surface area contributed by atoms with Crippen LogP contribution >= 0.6 is 0 Å². The van der Waals surface area contributed by atoms with Gasteiger partial charge in [-0.25, -0.2) is 0 Å². The molecule has 0 aromatic heterocycles. The Morgan fingerprint density at radius 2 is 2.08 bits per heavy atom. The number of phenols is 1. The number of phenolic OH excluding ortho intramolecular Hbond substituents is 1. The van der Waals surface area contributed by atoms with Gasteiger partial charge in [-0.3, -0.25) is 9.69 Å². The quantitative estimate of drug-likeness (QED) is 0.674. The Balaban J connectivity index is 1.84. The number of hydrogen-bond donors (Lipinski definition) is 2. The molecule has 0 unspecified atom stereocenters. The van der Waals surface area contributed by atoms with Gasteiger partial charge in [0.2, 0.25) is 0 Å². The van der Waals surface area contributed by atoms with Crippen LogP contribution in [0.1, 0.15) is 16.7 Å². The molecule has 0 fully saturated rings. The fourth-order valence-corrected chi connectivity index (χ4v) is 2.82. The van der Waals surface area contributed by atoms with Crippen molar-refractivity contribution in [3.05, 3.63) is 64.7 Å². The first-order chi connectivity index (χ1) is 11.6. The van der Waals surface area contributed by atoms with Crippen molar-refractivity contribution in [1.82, 2.24) is 4.90 Å². The third-order valence-corrected chi connectivity index (χ3v) is 3.94. The SMILES string of the molecule is CN1Cc2cccc(NC(=O)/C(C#N)=C/c3cccc(O)c3)c2C1. The van der Waals surface area contributed by atoms with Gasteiger partial charge in [-0.2, -0.15) is 5.26 Å². The Morgan fingerprint density at radius 1 is 1.29 bits per heavy atom. The zero-order valence-corrected chi connectivity index (χ0v) is 13.3. The molecule has 2 aromatic carbocycles. The van der Waals surface area contributed by atoms with Crippen molar-refractivity contribution < 1.29 is 9.90 Å². The van der Waals surface area contributed by atoms with E-state index >= 15 is 0 Å². The van der Waals surface area contributed by atoms with Gasteiger partial charge >= 0.3 is 0 Å². The number of nitrogens with zero attached hydrogens (tertiary/aromatic N) is 2. The van der Waals surface area contributed by atoms with E-state index in [9.17, 15) is 15.2 Å². The van der Waals surface area contributed by atoms with E-state index < -0.39 is 5.91 Å². The van der Waals surface area contributed by atoms with Crippen molar-refractivity contribution in [1.29, 1.82) is 5.26 Å². The third kappa shape index (κ3) is 3.29. The highest BCUT2D eigenvalue weighted by Gasteiger charge is 2.20.